The molecule has 1 aromatic carbocycles. The molecule has 1 aromatic heterocycles. The predicted molar refractivity (Wildman–Crippen MR) is 116 cm³/mol. The highest BCUT2D eigenvalue weighted by Gasteiger charge is 2.15. The van der Waals surface area contributed by atoms with Crippen molar-refractivity contribution in [3.63, 3.8) is 0 Å². The molecule has 0 aliphatic carbocycles. The minimum atomic E-state index is -0.428. The number of hydrogen-bond donors (Lipinski definition) is 0. The van der Waals surface area contributed by atoms with Crippen molar-refractivity contribution in [1.29, 1.82) is 0 Å². The minimum Gasteiger partial charge on any atom is -0.374 e. The zero-order chi connectivity index (χ0) is 20.1. The number of aromatic nitrogens is 1. The van der Waals surface area contributed by atoms with Crippen LogP contribution in [-0.4, -0.2) is 29.2 Å². The molecule has 0 bridgehead atoms. The van der Waals surface area contributed by atoms with Gasteiger partial charge in [0.2, 0.25) is 5.95 Å². The van der Waals surface area contributed by atoms with Crippen LogP contribution in [0.15, 0.2) is 48.7 Å². The highest BCUT2D eigenvalue weighted by atomic mass is 35.5. The van der Waals surface area contributed by atoms with Crippen molar-refractivity contribution in [2.24, 2.45) is 0 Å². The van der Waals surface area contributed by atoms with Gasteiger partial charge in [0.1, 0.15) is 4.99 Å². The van der Waals surface area contributed by atoms with Crippen molar-refractivity contribution in [2.75, 3.05) is 18.1 Å². The summed E-state index contributed by atoms with van der Waals surface area (Å²) in [6.07, 6.45) is 4.92. The highest BCUT2D eigenvalue weighted by Crippen LogP contribution is 2.21. The van der Waals surface area contributed by atoms with Crippen molar-refractivity contribution in [2.45, 2.75) is 46.1 Å². The summed E-state index contributed by atoms with van der Waals surface area (Å²) in [5.74, 6) is -0.428. The minimum absolute atomic E-state index is 0.294. The van der Waals surface area contributed by atoms with Crippen LogP contribution in [0.4, 0.5) is 10.1 Å². The van der Waals surface area contributed by atoms with Gasteiger partial charge in [-0.1, -0.05) is 49.7 Å². The first kappa shape index (κ1) is 23.5. The monoisotopic (exact) mass is 410 g/mol. The number of pyridine rings is 1. The molecule has 0 N–H and O–H groups in total. The van der Waals surface area contributed by atoms with Crippen molar-refractivity contribution >= 4 is 34.5 Å². The smallest absolute Gasteiger partial charge is 0.212 e. The van der Waals surface area contributed by atoms with E-state index < -0.39 is 5.95 Å². The number of halogens is 2. The average molecular weight is 411 g/mol. The standard InChI is InChI=1S/C16H24ClNOS.C5H4FN/c1-4-5-6-11-19-12-16(20)18(13(2)3)15-9-7-14(17)8-10-15;6-5-3-1-2-4-7-5/h7-10,13H,4-6,11-12H2,1-3H3;1-4H. The van der Waals surface area contributed by atoms with Crippen LogP contribution in [0.2, 0.25) is 5.02 Å². The fraction of sp³-hybridized carbons (Fsp3) is 0.429. The van der Waals surface area contributed by atoms with Crippen molar-refractivity contribution in [1.82, 2.24) is 4.98 Å². The lowest BCUT2D eigenvalue weighted by molar-refractivity contribution is 0.167. The quantitative estimate of drug-likeness (QED) is 0.289. The number of unbranched alkanes of at least 4 members (excludes halogenated alkanes) is 2. The van der Waals surface area contributed by atoms with Gasteiger partial charge in [-0.2, -0.15) is 4.39 Å². The first-order chi connectivity index (χ1) is 13.0. The number of benzene rings is 1. The first-order valence-electron chi connectivity index (χ1n) is 9.17. The van der Waals surface area contributed by atoms with Crippen LogP contribution >= 0.6 is 23.8 Å². The molecule has 2 aromatic rings. The summed E-state index contributed by atoms with van der Waals surface area (Å²) in [7, 11) is 0. The second kappa shape index (κ2) is 13.6. The summed E-state index contributed by atoms with van der Waals surface area (Å²) in [5.41, 5.74) is 1.06. The number of thiocarbonyl (C=S) groups is 1. The Balaban J connectivity index is 0.000000433. The van der Waals surface area contributed by atoms with Crippen LogP contribution in [0.25, 0.3) is 0 Å². The summed E-state index contributed by atoms with van der Waals surface area (Å²) >= 11 is 11.4. The van der Waals surface area contributed by atoms with E-state index in [2.05, 4.69) is 30.7 Å². The van der Waals surface area contributed by atoms with E-state index in [1.165, 1.54) is 25.1 Å². The normalized spacial score (nSPS) is 10.3. The van der Waals surface area contributed by atoms with Gasteiger partial charge < -0.3 is 9.64 Å². The molecule has 0 unspecified atom stereocenters. The van der Waals surface area contributed by atoms with Gasteiger partial charge in [0.25, 0.3) is 0 Å². The fourth-order valence-electron chi connectivity index (χ4n) is 2.36. The fourth-order valence-corrected chi connectivity index (χ4v) is 2.88. The van der Waals surface area contributed by atoms with Crippen molar-refractivity contribution in [3.05, 3.63) is 59.6 Å². The summed E-state index contributed by atoms with van der Waals surface area (Å²) in [4.78, 5) is 6.25. The molecule has 0 fully saturated rings. The molecule has 0 saturated carbocycles. The lowest BCUT2D eigenvalue weighted by atomic mass is 10.2. The predicted octanol–water partition coefficient (Wildman–Crippen LogP) is 6.31. The lowest BCUT2D eigenvalue weighted by Gasteiger charge is -2.29. The number of ether oxygens (including phenoxy) is 1. The summed E-state index contributed by atoms with van der Waals surface area (Å²) in [5, 5.41) is 0.735. The van der Waals surface area contributed by atoms with Crippen LogP contribution in [0, 0.1) is 5.95 Å². The van der Waals surface area contributed by atoms with Crippen LogP contribution in [-0.2, 0) is 4.74 Å². The molecule has 0 atom stereocenters. The molecule has 1 heterocycles. The Labute approximate surface area is 172 Å². The molecule has 0 aliphatic heterocycles. The van der Waals surface area contributed by atoms with E-state index in [9.17, 15) is 4.39 Å². The highest BCUT2D eigenvalue weighted by molar-refractivity contribution is 7.80. The molecule has 0 aliphatic rings. The lowest BCUT2D eigenvalue weighted by Crippen LogP contribution is -2.38. The molecule has 27 heavy (non-hydrogen) atoms. The second-order valence-electron chi connectivity index (χ2n) is 6.25. The number of nitrogens with zero attached hydrogens (tertiary/aromatic N) is 2. The Morgan fingerprint density at radius 3 is 2.37 bits per heavy atom. The molecule has 0 amide bonds. The zero-order valence-electron chi connectivity index (χ0n) is 16.2. The number of hydrogen-bond acceptors (Lipinski definition) is 3. The van der Waals surface area contributed by atoms with Crippen LogP contribution in [0.5, 0.6) is 0 Å². The Hall–Kier alpha value is -1.56. The summed E-state index contributed by atoms with van der Waals surface area (Å²) in [6.45, 7) is 7.71. The number of rotatable bonds is 8. The van der Waals surface area contributed by atoms with E-state index in [1.807, 2.05) is 24.3 Å². The third-order valence-electron chi connectivity index (χ3n) is 3.64. The van der Waals surface area contributed by atoms with E-state index >= 15 is 0 Å². The molecular formula is C21H28ClFN2OS. The van der Waals surface area contributed by atoms with E-state index in [0.29, 0.717) is 12.6 Å². The second-order valence-corrected chi connectivity index (χ2v) is 7.15. The largest absolute Gasteiger partial charge is 0.374 e. The molecule has 0 spiro atoms. The maximum absolute atomic E-state index is 11.8. The summed E-state index contributed by atoms with van der Waals surface area (Å²) in [6, 6.07) is 12.6. The Morgan fingerprint density at radius 2 is 1.89 bits per heavy atom. The van der Waals surface area contributed by atoms with Crippen LogP contribution in [0.3, 0.4) is 0 Å². The van der Waals surface area contributed by atoms with Gasteiger partial charge in [0.15, 0.2) is 0 Å². The molecule has 0 saturated heterocycles. The Morgan fingerprint density at radius 1 is 1.19 bits per heavy atom. The molecule has 148 valence electrons. The topological polar surface area (TPSA) is 25.4 Å². The van der Waals surface area contributed by atoms with Gasteiger partial charge in [0.05, 0.1) is 6.61 Å². The number of anilines is 1. The zero-order valence-corrected chi connectivity index (χ0v) is 17.8. The third-order valence-corrected chi connectivity index (χ3v) is 4.20. The SMILES string of the molecule is CCCCCOCC(=S)N(c1ccc(Cl)cc1)C(C)C.Fc1ccccn1. The summed E-state index contributed by atoms with van der Waals surface area (Å²) < 4.78 is 17.5. The maximum Gasteiger partial charge on any atom is 0.212 e. The molecular weight excluding hydrogens is 383 g/mol. The third kappa shape index (κ3) is 9.80. The first-order valence-corrected chi connectivity index (χ1v) is 9.96. The van der Waals surface area contributed by atoms with Crippen molar-refractivity contribution < 1.29 is 9.13 Å². The van der Waals surface area contributed by atoms with Gasteiger partial charge in [-0.05, 0) is 56.7 Å². The van der Waals surface area contributed by atoms with Crippen LogP contribution in [0.1, 0.15) is 40.0 Å². The van der Waals surface area contributed by atoms with Gasteiger partial charge in [-0.15, -0.1) is 0 Å². The maximum atomic E-state index is 11.8. The van der Waals surface area contributed by atoms with Gasteiger partial charge in [0, 0.05) is 29.6 Å². The Bertz CT molecular complexity index is 653. The molecule has 3 nitrogen and oxygen atoms in total. The average Bonchev–Trinajstić information content (AvgIpc) is 2.64. The molecule has 2 rings (SSSR count). The Kier molecular flexibility index (Phi) is 11.8. The van der Waals surface area contributed by atoms with E-state index in [-0.39, 0.29) is 0 Å². The van der Waals surface area contributed by atoms with Gasteiger partial charge in [-0.25, -0.2) is 4.98 Å². The van der Waals surface area contributed by atoms with E-state index in [0.717, 1.165) is 28.7 Å². The van der Waals surface area contributed by atoms with E-state index in [1.54, 1.807) is 12.1 Å². The van der Waals surface area contributed by atoms with Gasteiger partial charge >= 0.3 is 0 Å². The molecule has 0 radical (unpaired) electrons. The van der Waals surface area contributed by atoms with Crippen LogP contribution < -0.4 is 4.90 Å². The van der Waals surface area contributed by atoms with E-state index in [4.69, 9.17) is 28.6 Å². The van der Waals surface area contributed by atoms with Gasteiger partial charge in [-0.3, -0.25) is 0 Å². The van der Waals surface area contributed by atoms with Crippen molar-refractivity contribution in [3.8, 4) is 0 Å². The molecule has 6 heteroatoms.